The molecule has 1 aromatic rings. The van der Waals surface area contributed by atoms with Crippen molar-refractivity contribution in [2.45, 2.75) is 13.1 Å². The Balaban J connectivity index is 2.92. The van der Waals surface area contributed by atoms with Gasteiger partial charge in [-0.05, 0) is 13.0 Å². The van der Waals surface area contributed by atoms with Crippen LogP contribution < -0.4 is 5.32 Å². The Bertz CT molecular complexity index is 473. The molecule has 1 heterocycles. The first-order chi connectivity index (χ1) is 7.71. The van der Waals surface area contributed by atoms with Gasteiger partial charge in [0.2, 0.25) is 0 Å². The van der Waals surface area contributed by atoms with Crippen LogP contribution in [0.25, 0.3) is 0 Å². The van der Waals surface area contributed by atoms with Gasteiger partial charge in [-0.25, -0.2) is 4.98 Å². The number of nitro groups is 1. The third-order valence-electron chi connectivity index (χ3n) is 1.75. The molecule has 0 fully saturated rings. The molecule has 0 saturated carbocycles. The van der Waals surface area contributed by atoms with E-state index in [0.29, 0.717) is 0 Å². The van der Waals surface area contributed by atoms with Crippen LogP contribution in [0.1, 0.15) is 5.69 Å². The van der Waals surface area contributed by atoms with Crippen LogP contribution in [0.2, 0.25) is 0 Å². The lowest BCUT2D eigenvalue weighted by molar-refractivity contribution is -0.385. The Kier molecular flexibility index (Phi) is 3.30. The summed E-state index contributed by atoms with van der Waals surface area (Å²) in [5.74, 6) is -2.58. The predicted octanol–water partition coefficient (Wildman–Crippen LogP) is 1.80. The first-order valence-corrected chi connectivity index (χ1v) is 4.22. The Morgan fingerprint density at radius 3 is 2.47 bits per heavy atom. The highest BCUT2D eigenvalue weighted by molar-refractivity contribution is 5.94. The average Bonchev–Trinajstić information content (AvgIpc) is 2.15. The van der Waals surface area contributed by atoms with Gasteiger partial charge in [-0.15, -0.1) is 0 Å². The van der Waals surface area contributed by atoms with Crippen LogP contribution in [0.3, 0.4) is 0 Å². The summed E-state index contributed by atoms with van der Waals surface area (Å²) in [7, 11) is 0. The van der Waals surface area contributed by atoms with Gasteiger partial charge >= 0.3 is 12.1 Å². The van der Waals surface area contributed by atoms with Gasteiger partial charge in [0.25, 0.3) is 5.69 Å². The van der Waals surface area contributed by atoms with Crippen molar-refractivity contribution in [2.24, 2.45) is 0 Å². The largest absolute Gasteiger partial charge is 0.471 e. The molecule has 6 nitrogen and oxygen atoms in total. The molecule has 0 bridgehead atoms. The zero-order valence-electron chi connectivity index (χ0n) is 8.41. The van der Waals surface area contributed by atoms with Gasteiger partial charge in [0.15, 0.2) is 0 Å². The summed E-state index contributed by atoms with van der Waals surface area (Å²) in [5.41, 5.74) is -0.426. The van der Waals surface area contributed by atoms with Gasteiger partial charge in [-0.3, -0.25) is 14.9 Å². The molecule has 1 aromatic heterocycles. The summed E-state index contributed by atoms with van der Waals surface area (Å²) in [4.78, 5) is 23.7. The smallest absolute Gasteiger partial charge is 0.303 e. The van der Waals surface area contributed by atoms with Crippen LogP contribution in [-0.2, 0) is 4.79 Å². The van der Waals surface area contributed by atoms with E-state index in [1.165, 1.54) is 12.2 Å². The van der Waals surface area contributed by atoms with Crippen LogP contribution in [0, 0.1) is 17.0 Å². The van der Waals surface area contributed by atoms with Crippen molar-refractivity contribution < 1.29 is 22.9 Å². The summed E-state index contributed by atoms with van der Waals surface area (Å²) in [6.07, 6.45) is -5.03. The van der Waals surface area contributed by atoms with Crippen molar-refractivity contribution in [1.29, 1.82) is 0 Å². The monoisotopic (exact) mass is 249 g/mol. The van der Waals surface area contributed by atoms with E-state index < -0.39 is 22.8 Å². The van der Waals surface area contributed by atoms with Crippen molar-refractivity contribution in [3.05, 3.63) is 27.9 Å². The van der Waals surface area contributed by atoms with Crippen molar-refractivity contribution in [3.63, 3.8) is 0 Å². The number of hydrogen-bond donors (Lipinski definition) is 1. The van der Waals surface area contributed by atoms with Crippen molar-refractivity contribution in [2.75, 3.05) is 5.32 Å². The van der Waals surface area contributed by atoms with Crippen molar-refractivity contribution >= 4 is 17.4 Å². The number of halogens is 3. The fourth-order valence-electron chi connectivity index (χ4n) is 1.00. The molecule has 17 heavy (non-hydrogen) atoms. The molecule has 0 unspecified atom stereocenters. The van der Waals surface area contributed by atoms with E-state index in [-0.39, 0.29) is 11.4 Å². The minimum absolute atomic E-state index is 0.0880. The molecule has 0 radical (unpaired) electrons. The normalized spacial score (nSPS) is 11.1. The van der Waals surface area contributed by atoms with E-state index in [4.69, 9.17) is 0 Å². The summed E-state index contributed by atoms with van der Waals surface area (Å²) in [5, 5.41) is 11.9. The summed E-state index contributed by atoms with van der Waals surface area (Å²) < 4.78 is 35.7. The maximum Gasteiger partial charge on any atom is 0.471 e. The highest BCUT2D eigenvalue weighted by atomic mass is 19.4. The zero-order valence-corrected chi connectivity index (χ0v) is 8.41. The van der Waals surface area contributed by atoms with Crippen LogP contribution in [-0.4, -0.2) is 22.0 Å². The molecule has 0 aliphatic carbocycles. The first kappa shape index (κ1) is 12.9. The van der Waals surface area contributed by atoms with E-state index in [0.717, 1.165) is 12.1 Å². The second-order valence-corrected chi connectivity index (χ2v) is 3.01. The SMILES string of the molecule is Cc1nc(NC(=O)C(F)(F)F)ccc1[N+](=O)[O-]. The fourth-order valence-corrected chi connectivity index (χ4v) is 1.00. The third kappa shape index (κ3) is 3.13. The number of anilines is 1. The fraction of sp³-hybridized carbons (Fsp3) is 0.250. The van der Waals surface area contributed by atoms with Gasteiger partial charge in [0.1, 0.15) is 11.5 Å². The maximum atomic E-state index is 11.9. The second kappa shape index (κ2) is 4.36. The number of aromatic nitrogens is 1. The number of carbonyl (C=O) groups excluding carboxylic acids is 1. The molecular formula is C8H6F3N3O3. The van der Waals surface area contributed by atoms with Crippen molar-refractivity contribution in [3.8, 4) is 0 Å². The standard InChI is InChI=1S/C8H6F3N3O3/c1-4-5(14(16)17)2-3-6(12-4)13-7(15)8(9,10)11/h2-3H,1H3,(H,12,13,15). The van der Waals surface area contributed by atoms with E-state index in [1.54, 1.807) is 0 Å². The average molecular weight is 249 g/mol. The van der Waals surface area contributed by atoms with Crippen LogP contribution in [0.5, 0.6) is 0 Å². The highest BCUT2D eigenvalue weighted by Crippen LogP contribution is 2.20. The maximum absolute atomic E-state index is 11.9. The minimum Gasteiger partial charge on any atom is -0.303 e. The number of alkyl halides is 3. The number of pyridine rings is 1. The molecular weight excluding hydrogens is 243 g/mol. The molecule has 0 spiro atoms. The van der Waals surface area contributed by atoms with E-state index >= 15 is 0 Å². The molecule has 1 rings (SSSR count). The molecule has 92 valence electrons. The number of carbonyl (C=O) groups is 1. The lowest BCUT2D eigenvalue weighted by Crippen LogP contribution is -2.30. The van der Waals surface area contributed by atoms with E-state index in [2.05, 4.69) is 4.98 Å². The molecule has 0 saturated heterocycles. The van der Waals surface area contributed by atoms with Gasteiger partial charge in [0.05, 0.1) is 4.92 Å². The third-order valence-corrected chi connectivity index (χ3v) is 1.75. The molecule has 0 aliphatic heterocycles. The number of amides is 1. The Hall–Kier alpha value is -2.19. The lowest BCUT2D eigenvalue weighted by atomic mass is 10.3. The van der Waals surface area contributed by atoms with E-state index in [1.807, 2.05) is 0 Å². The van der Waals surface area contributed by atoms with Crippen LogP contribution >= 0.6 is 0 Å². The first-order valence-electron chi connectivity index (χ1n) is 4.22. The Morgan fingerprint density at radius 2 is 2.06 bits per heavy atom. The summed E-state index contributed by atoms with van der Waals surface area (Å²) in [6.45, 7) is 1.25. The number of nitrogens with zero attached hydrogens (tertiary/aromatic N) is 2. The van der Waals surface area contributed by atoms with Crippen LogP contribution in [0.4, 0.5) is 24.7 Å². The number of hydrogen-bond acceptors (Lipinski definition) is 4. The number of nitrogens with one attached hydrogen (secondary N) is 1. The lowest BCUT2D eigenvalue weighted by Gasteiger charge is -2.07. The molecule has 0 aliphatic rings. The molecule has 9 heteroatoms. The molecule has 0 atom stereocenters. The summed E-state index contributed by atoms with van der Waals surface area (Å²) in [6, 6.07) is 1.89. The van der Waals surface area contributed by atoms with Gasteiger partial charge in [0, 0.05) is 6.07 Å². The Labute approximate surface area is 92.6 Å². The predicted molar refractivity (Wildman–Crippen MR) is 50.3 cm³/mol. The zero-order chi connectivity index (χ0) is 13.2. The van der Waals surface area contributed by atoms with Crippen molar-refractivity contribution in [1.82, 2.24) is 4.98 Å². The quantitative estimate of drug-likeness (QED) is 0.639. The van der Waals surface area contributed by atoms with Crippen LogP contribution in [0.15, 0.2) is 12.1 Å². The number of rotatable bonds is 2. The van der Waals surface area contributed by atoms with Gasteiger partial charge < -0.3 is 5.32 Å². The molecule has 0 aromatic carbocycles. The Morgan fingerprint density at radius 1 is 1.47 bits per heavy atom. The van der Waals surface area contributed by atoms with Gasteiger partial charge in [-0.2, -0.15) is 13.2 Å². The molecule has 1 amide bonds. The highest BCUT2D eigenvalue weighted by Gasteiger charge is 2.39. The van der Waals surface area contributed by atoms with Gasteiger partial charge in [-0.1, -0.05) is 0 Å². The summed E-state index contributed by atoms with van der Waals surface area (Å²) >= 11 is 0. The minimum atomic E-state index is -5.03. The second-order valence-electron chi connectivity index (χ2n) is 3.01. The van der Waals surface area contributed by atoms with E-state index in [9.17, 15) is 28.1 Å². The molecule has 1 N–H and O–H groups in total. The number of aryl methyl sites for hydroxylation is 1. The topological polar surface area (TPSA) is 85.1 Å².